The van der Waals surface area contributed by atoms with Crippen molar-refractivity contribution >= 4 is 21.7 Å². The lowest BCUT2D eigenvalue weighted by Crippen LogP contribution is -1.98. The molecule has 7 heteroatoms. The number of nitriles is 1. The molecule has 68 valence electrons. The van der Waals surface area contributed by atoms with Gasteiger partial charge in [0.1, 0.15) is 6.54 Å². The van der Waals surface area contributed by atoms with Crippen LogP contribution in [0, 0.1) is 28.4 Å². The average molecular weight is 245 g/mol. The van der Waals surface area contributed by atoms with Crippen molar-refractivity contribution in [2.75, 3.05) is 0 Å². The first-order chi connectivity index (χ1) is 6.07. The van der Waals surface area contributed by atoms with Crippen LogP contribution >= 0.6 is 15.9 Å². The van der Waals surface area contributed by atoms with E-state index in [0.29, 0.717) is 5.82 Å². The molecule has 0 aliphatic carbocycles. The van der Waals surface area contributed by atoms with Crippen LogP contribution in [0.1, 0.15) is 5.82 Å². The van der Waals surface area contributed by atoms with Gasteiger partial charge in [-0.2, -0.15) is 5.26 Å². The fourth-order valence-electron chi connectivity index (χ4n) is 0.893. The van der Waals surface area contributed by atoms with Crippen molar-refractivity contribution in [3.8, 4) is 6.07 Å². The lowest BCUT2D eigenvalue weighted by atomic mass is 10.6. The Kier molecular flexibility index (Phi) is 2.63. The second-order valence-corrected chi connectivity index (χ2v) is 3.03. The standard InChI is InChI=1S/C6H5BrN4O2/c1-4-9-6(11(12)13)5(7)10(4)3-2-8/h3H2,1H3. The summed E-state index contributed by atoms with van der Waals surface area (Å²) in [7, 11) is 0. The molecule has 0 radical (unpaired) electrons. The number of aromatic nitrogens is 2. The first-order valence-electron chi connectivity index (χ1n) is 3.32. The van der Waals surface area contributed by atoms with E-state index in [1.807, 2.05) is 6.07 Å². The molecule has 6 nitrogen and oxygen atoms in total. The van der Waals surface area contributed by atoms with Gasteiger partial charge in [-0.05, 0) is 25.8 Å². The van der Waals surface area contributed by atoms with Crippen LogP contribution in [0.5, 0.6) is 0 Å². The van der Waals surface area contributed by atoms with Crippen LogP contribution in [0.25, 0.3) is 0 Å². The molecule has 0 aliphatic rings. The largest absolute Gasteiger partial charge is 0.396 e. The maximum atomic E-state index is 10.4. The zero-order chi connectivity index (χ0) is 10.0. The topological polar surface area (TPSA) is 84.8 Å². The molecule has 0 saturated carbocycles. The Hall–Kier alpha value is -1.42. The van der Waals surface area contributed by atoms with Gasteiger partial charge in [-0.3, -0.25) is 4.57 Å². The van der Waals surface area contributed by atoms with Crippen molar-refractivity contribution in [1.29, 1.82) is 5.26 Å². The number of nitro groups is 1. The number of aryl methyl sites for hydroxylation is 1. The molecule has 0 amide bonds. The van der Waals surface area contributed by atoms with Gasteiger partial charge in [0, 0.05) is 6.92 Å². The van der Waals surface area contributed by atoms with Gasteiger partial charge >= 0.3 is 5.82 Å². The smallest absolute Gasteiger partial charge is 0.358 e. The predicted octanol–water partition coefficient (Wildman–Crippen LogP) is 1.39. The SMILES string of the molecule is Cc1nc([N+](=O)[O-])c(Br)n1CC#N. The summed E-state index contributed by atoms with van der Waals surface area (Å²) >= 11 is 3.01. The van der Waals surface area contributed by atoms with E-state index in [1.165, 1.54) is 4.57 Å². The Bertz CT molecular complexity index is 392. The predicted molar refractivity (Wildman–Crippen MR) is 46.9 cm³/mol. The van der Waals surface area contributed by atoms with Gasteiger partial charge in [-0.25, -0.2) is 0 Å². The van der Waals surface area contributed by atoms with Crippen molar-refractivity contribution in [2.45, 2.75) is 13.5 Å². The minimum atomic E-state index is -0.592. The van der Waals surface area contributed by atoms with E-state index >= 15 is 0 Å². The summed E-state index contributed by atoms with van der Waals surface area (Å²) in [6.07, 6.45) is 0. The highest BCUT2D eigenvalue weighted by atomic mass is 79.9. The summed E-state index contributed by atoms with van der Waals surface area (Å²) in [6.45, 7) is 1.66. The van der Waals surface area contributed by atoms with Gasteiger partial charge in [0.15, 0.2) is 4.60 Å². The summed E-state index contributed by atoms with van der Waals surface area (Å²) < 4.78 is 1.66. The van der Waals surface area contributed by atoms with Crippen molar-refractivity contribution in [1.82, 2.24) is 9.55 Å². The summed E-state index contributed by atoms with van der Waals surface area (Å²) in [5.41, 5.74) is 0. The first kappa shape index (κ1) is 9.67. The molecule has 0 fully saturated rings. The molecule has 1 heterocycles. The van der Waals surface area contributed by atoms with Crippen LogP contribution in [0.15, 0.2) is 4.60 Å². The minimum Gasteiger partial charge on any atom is -0.358 e. The Morgan fingerprint density at radius 2 is 2.46 bits per heavy atom. The monoisotopic (exact) mass is 244 g/mol. The molecule has 0 aliphatic heterocycles. The normalized spacial score (nSPS) is 9.62. The Morgan fingerprint density at radius 1 is 1.85 bits per heavy atom. The quantitative estimate of drug-likeness (QED) is 0.581. The number of nitrogens with zero attached hydrogens (tertiary/aromatic N) is 4. The molecule has 0 unspecified atom stereocenters. The van der Waals surface area contributed by atoms with Gasteiger partial charge in [0.05, 0.1) is 6.07 Å². The highest BCUT2D eigenvalue weighted by molar-refractivity contribution is 9.10. The fraction of sp³-hybridized carbons (Fsp3) is 0.333. The third kappa shape index (κ3) is 1.67. The van der Waals surface area contributed by atoms with E-state index in [4.69, 9.17) is 5.26 Å². The molecule has 1 rings (SSSR count). The number of rotatable bonds is 2. The molecule has 0 atom stereocenters. The molecule has 0 spiro atoms. The van der Waals surface area contributed by atoms with Gasteiger partial charge in [-0.15, -0.1) is 0 Å². The number of hydrogen-bond acceptors (Lipinski definition) is 4. The van der Waals surface area contributed by atoms with Gasteiger partial charge in [0.25, 0.3) is 0 Å². The molecule has 0 bridgehead atoms. The summed E-state index contributed by atoms with van der Waals surface area (Å²) in [4.78, 5) is 13.5. The minimum absolute atomic E-state index is 0.0489. The van der Waals surface area contributed by atoms with Gasteiger partial charge < -0.3 is 10.1 Å². The molecule has 0 N–H and O–H groups in total. The molecule has 1 aromatic heterocycles. The lowest BCUT2D eigenvalue weighted by molar-refractivity contribution is -0.390. The van der Waals surface area contributed by atoms with Crippen LogP contribution in [0.4, 0.5) is 5.82 Å². The third-order valence-corrected chi connectivity index (χ3v) is 2.26. The molecular weight excluding hydrogens is 240 g/mol. The number of hydrogen-bond donors (Lipinski definition) is 0. The van der Waals surface area contributed by atoms with Crippen molar-refractivity contribution in [3.63, 3.8) is 0 Å². The summed E-state index contributed by atoms with van der Waals surface area (Å²) in [5, 5.41) is 18.8. The lowest BCUT2D eigenvalue weighted by Gasteiger charge is -1.94. The second-order valence-electron chi connectivity index (χ2n) is 2.27. The van der Waals surface area contributed by atoms with Crippen LogP contribution in [0.3, 0.4) is 0 Å². The molecule has 0 aromatic carbocycles. The van der Waals surface area contributed by atoms with E-state index in [2.05, 4.69) is 20.9 Å². The number of imidazole rings is 1. The zero-order valence-corrected chi connectivity index (χ0v) is 8.28. The molecule has 13 heavy (non-hydrogen) atoms. The first-order valence-corrected chi connectivity index (χ1v) is 4.11. The maximum Gasteiger partial charge on any atom is 0.396 e. The molecular formula is C6H5BrN4O2. The van der Waals surface area contributed by atoms with Gasteiger partial charge in [0.2, 0.25) is 5.82 Å². The van der Waals surface area contributed by atoms with Crippen LogP contribution in [-0.2, 0) is 6.54 Å². The maximum absolute atomic E-state index is 10.4. The third-order valence-electron chi connectivity index (χ3n) is 1.48. The van der Waals surface area contributed by atoms with Crippen LogP contribution in [0.2, 0.25) is 0 Å². The Balaban J connectivity index is 3.24. The fourth-order valence-corrected chi connectivity index (χ4v) is 1.51. The van der Waals surface area contributed by atoms with Crippen molar-refractivity contribution in [2.24, 2.45) is 0 Å². The zero-order valence-electron chi connectivity index (χ0n) is 6.69. The Morgan fingerprint density at radius 3 is 2.85 bits per heavy atom. The second kappa shape index (κ2) is 3.53. The highest BCUT2D eigenvalue weighted by Crippen LogP contribution is 2.24. The van der Waals surface area contributed by atoms with E-state index in [1.54, 1.807) is 6.92 Å². The van der Waals surface area contributed by atoms with Crippen molar-refractivity contribution in [3.05, 3.63) is 20.5 Å². The number of halogens is 1. The summed E-state index contributed by atoms with van der Waals surface area (Å²) in [5.74, 6) is 0.188. The van der Waals surface area contributed by atoms with Crippen molar-refractivity contribution < 1.29 is 4.92 Å². The van der Waals surface area contributed by atoms with E-state index in [9.17, 15) is 10.1 Å². The highest BCUT2D eigenvalue weighted by Gasteiger charge is 2.22. The van der Waals surface area contributed by atoms with Gasteiger partial charge in [-0.1, -0.05) is 0 Å². The van der Waals surface area contributed by atoms with Crippen LogP contribution < -0.4 is 0 Å². The summed E-state index contributed by atoms with van der Waals surface area (Å²) in [6, 6.07) is 1.89. The average Bonchev–Trinajstić information content (AvgIpc) is 2.32. The van der Waals surface area contributed by atoms with E-state index < -0.39 is 4.92 Å². The Labute approximate surface area is 82.1 Å². The van der Waals surface area contributed by atoms with Crippen LogP contribution in [-0.4, -0.2) is 14.5 Å². The molecule has 1 aromatic rings. The molecule has 0 saturated heterocycles. The van der Waals surface area contributed by atoms with E-state index in [0.717, 1.165) is 0 Å². The van der Waals surface area contributed by atoms with E-state index in [-0.39, 0.29) is 17.0 Å².